The van der Waals surface area contributed by atoms with E-state index in [1.807, 2.05) is 30.3 Å². The van der Waals surface area contributed by atoms with E-state index in [0.29, 0.717) is 6.42 Å². The molecule has 2 aromatic carbocycles. The number of benzene rings is 2. The lowest BCUT2D eigenvalue weighted by Crippen LogP contribution is -2.35. The number of carbonyl (C=O) groups is 1. The van der Waals surface area contributed by atoms with Crippen LogP contribution in [0.2, 0.25) is 0 Å². The predicted octanol–water partition coefficient (Wildman–Crippen LogP) is 5.36. The first-order chi connectivity index (χ1) is 13.7. The van der Waals surface area contributed by atoms with Crippen LogP contribution in [0, 0.1) is 11.6 Å². The van der Waals surface area contributed by atoms with E-state index >= 15 is 0 Å². The summed E-state index contributed by atoms with van der Waals surface area (Å²) in [5, 5.41) is 3.63. The summed E-state index contributed by atoms with van der Waals surface area (Å²) in [5.41, 5.74) is 1.28. The van der Waals surface area contributed by atoms with Gasteiger partial charge in [0, 0.05) is 24.0 Å². The van der Waals surface area contributed by atoms with E-state index in [9.17, 15) is 13.6 Å². The highest BCUT2D eigenvalue weighted by Gasteiger charge is 2.21. The maximum absolute atomic E-state index is 14.4. The number of amides is 1. The highest BCUT2D eigenvalue weighted by Crippen LogP contribution is 2.25. The SMILES string of the molecule is CC(C)(C)OC(=O)NCC(Cc1cnc2ccccc2c1)c1cc(F)ccc1F. The second-order valence-electron chi connectivity index (χ2n) is 7.99. The van der Waals surface area contributed by atoms with Crippen molar-refractivity contribution in [2.24, 2.45) is 0 Å². The number of nitrogens with zero attached hydrogens (tertiary/aromatic N) is 1. The molecule has 0 fully saturated rings. The number of pyridine rings is 1. The highest BCUT2D eigenvalue weighted by molar-refractivity contribution is 5.78. The van der Waals surface area contributed by atoms with Crippen molar-refractivity contribution in [1.82, 2.24) is 10.3 Å². The fourth-order valence-corrected chi connectivity index (χ4v) is 3.15. The van der Waals surface area contributed by atoms with Gasteiger partial charge in [0.05, 0.1) is 5.52 Å². The monoisotopic (exact) mass is 398 g/mol. The Morgan fingerprint density at radius 3 is 2.66 bits per heavy atom. The van der Waals surface area contributed by atoms with Gasteiger partial charge in [-0.1, -0.05) is 18.2 Å². The largest absolute Gasteiger partial charge is 0.444 e. The van der Waals surface area contributed by atoms with E-state index in [-0.39, 0.29) is 12.1 Å². The summed E-state index contributed by atoms with van der Waals surface area (Å²) in [7, 11) is 0. The van der Waals surface area contributed by atoms with Crippen LogP contribution in [0.1, 0.15) is 37.8 Å². The number of para-hydroxylation sites is 1. The smallest absolute Gasteiger partial charge is 0.407 e. The van der Waals surface area contributed by atoms with Crippen molar-refractivity contribution in [3.05, 3.63) is 77.5 Å². The van der Waals surface area contributed by atoms with Crippen LogP contribution in [0.15, 0.2) is 54.7 Å². The van der Waals surface area contributed by atoms with Crippen molar-refractivity contribution in [2.45, 2.75) is 38.7 Å². The van der Waals surface area contributed by atoms with E-state index in [1.54, 1.807) is 27.0 Å². The fraction of sp³-hybridized carbons (Fsp3) is 0.304. The molecule has 1 N–H and O–H groups in total. The molecular formula is C23H24F2N2O2. The molecule has 1 atom stereocenters. The lowest BCUT2D eigenvalue weighted by atomic mass is 9.91. The number of ether oxygens (including phenoxy) is 1. The third-order valence-electron chi connectivity index (χ3n) is 4.42. The number of alkyl carbamates (subject to hydrolysis) is 1. The van der Waals surface area contributed by atoms with E-state index in [0.717, 1.165) is 28.6 Å². The second-order valence-corrected chi connectivity index (χ2v) is 7.99. The zero-order valence-corrected chi connectivity index (χ0v) is 16.7. The van der Waals surface area contributed by atoms with Crippen LogP contribution < -0.4 is 5.32 Å². The van der Waals surface area contributed by atoms with Gasteiger partial charge in [0.15, 0.2) is 0 Å². The Balaban J connectivity index is 1.85. The summed E-state index contributed by atoms with van der Waals surface area (Å²) in [6.45, 7) is 5.38. The molecule has 0 radical (unpaired) electrons. The molecular weight excluding hydrogens is 374 g/mol. The summed E-state index contributed by atoms with van der Waals surface area (Å²) in [5.74, 6) is -1.53. The van der Waals surface area contributed by atoms with E-state index < -0.39 is 29.2 Å². The zero-order valence-electron chi connectivity index (χ0n) is 16.7. The third kappa shape index (κ3) is 5.73. The minimum absolute atomic E-state index is 0.0993. The van der Waals surface area contributed by atoms with Gasteiger partial charge < -0.3 is 10.1 Å². The molecule has 152 valence electrons. The average molecular weight is 398 g/mol. The number of nitrogens with one attached hydrogen (secondary N) is 1. The Kier molecular flexibility index (Phi) is 6.11. The van der Waals surface area contributed by atoms with Crippen LogP contribution in [0.5, 0.6) is 0 Å². The Morgan fingerprint density at radius 1 is 1.14 bits per heavy atom. The average Bonchev–Trinajstić information content (AvgIpc) is 2.65. The number of hydrogen-bond donors (Lipinski definition) is 1. The molecule has 1 aromatic heterocycles. The van der Waals surface area contributed by atoms with Crippen molar-refractivity contribution in [3.8, 4) is 0 Å². The number of halogens is 2. The minimum Gasteiger partial charge on any atom is -0.444 e. The molecule has 0 bridgehead atoms. The van der Waals surface area contributed by atoms with Gasteiger partial charge in [-0.25, -0.2) is 13.6 Å². The van der Waals surface area contributed by atoms with Crippen molar-refractivity contribution in [1.29, 1.82) is 0 Å². The van der Waals surface area contributed by atoms with Crippen molar-refractivity contribution in [3.63, 3.8) is 0 Å². The van der Waals surface area contributed by atoms with Gasteiger partial charge in [-0.15, -0.1) is 0 Å². The molecule has 1 unspecified atom stereocenters. The molecule has 0 aliphatic heterocycles. The zero-order chi connectivity index (χ0) is 21.0. The molecule has 1 heterocycles. The van der Waals surface area contributed by atoms with E-state index in [4.69, 9.17) is 4.74 Å². The van der Waals surface area contributed by atoms with Crippen LogP contribution in [0.3, 0.4) is 0 Å². The normalized spacial score (nSPS) is 12.6. The first-order valence-electron chi connectivity index (χ1n) is 9.47. The number of hydrogen-bond acceptors (Lipinski definition) is 3. The maximum Gasteiger partial charge on any atom is 0.407 e. The van der Waals surface area contributed by atoms with Crippen LogP contribution in [0.4, 0.5) is 13.6 Å². The summed E-state index contributed by atoms with van der Waals surface area (Å²) in [6.07, 6.45) is 1.50. The molecule has 3 aromatic rings. The molecule has 0 aliphatic carbocycles. The van der Waals surface area contributed by atoms with Crippen LogP contribution in [0.25, 0.3) is 10.9 Å². The standard InChI is InChI=1S/C23H24F2N2O2/c1-23(2,3)29-22(28)27-14-17(19-12-18(24)8-9-20(19)25)11-15-10-16-6-4-5-7-21(16)26-13-15/h4-10,12-13,17H,11,14H2,1-3H3,(H,27,28). The van der Waals surface area contributed by atoms with Crippen molar-refractivity contribution in [2.75, 3.05) is 6.54 Å². The van der Waals surface area contributed by atoms with Crippen LogP contribution in [-0.4, -0.2) is 23.2 Å². The molecule has 1 amide bonds. The molecule has 0 spiro atoms. The highest BCUT2D eigenvalue weighted by atomic mass is 19.1. The summed E-state index contributed by atoms with van der Waals surface area (Å²) in [4.78, 5) is 16.5. The minimum atomic E-state index is -0.647. The molecule has 6 heteroatoms. The quantitative estimate of drug-likeness (QED) is 0.629. The van der Waals surface area contributed by atoms with E-state index in [2.05, 4.69) is 10.3 Å². The molecule has 29 heavy (non-hydrogen) atoms. The fourth-order valence-electron chi connectivity index (χ4n) is 3.15. The molecule has 3 rings (SSSR count). The van der Waals surface area contributed by atoms with Gasteiger partial charge in [-0.05, 0) is 68.7 Å². The van der Waals surface area contributed by atoms with E-state index in [1.165, 1.54) is 6.07 Å². The lowest BCUT2D eigenvalue weighted by Gasteiger charge is -2.22. The lowest BCUT2D eigenvalue weighted by molar-refractivity contribution is 0.0524. The summed E-state index contributed by atoms with van der Waals surface area (Å²) >= 11 is 0. The maximum atomic E-state index is 14.4. The van der Waals surface area contributed by atoms with Gasteiger partial charge in [0.1, 0.15) is 17.2 Å². The van der Waals surface area contributed by atoms with Crippen molar-refractivity contribution >= 4 is 17.0 Å². The summed E-state index contributed by atoms with van der Waals surface area (Å²) in [6, 6.07) is 13.0. The number of rotatable bonds is 5. The van der Waals surface area contributed by atoms with Gasteiger partial charge >= 0.3 is 6.09 Å². The predicted molar refractivity (Wildman–Crippen MR) is 109 cm³/mol. The topological polar surface area (TPSA) is 51.2 Å². The molecule has 4 nitrogen and oxygen atoms in total. The second kappa shape index (κ2) is 8.55. The Labute approximate surface area is 168 Å². The van der Waals surface area contributed by atoms with Gasteiger partial charge in [0.2, 0.25) is 0 Å². The number of fused-ring (bicyclic) bond motifs is 1. The van der Waals surface area contributed by atoms with Gasteiger partial charge in [-0.2, -0.15) is 0 Å². The van der Waals surface area contributed by atoms with Gasteiger partial charge in [0.25, 0.3) is 0 Å². The molecule has 0 saturated carbocycles. The number of aromatic nitrogens is 1. The first kappa shape index (κ1) is 20.7. The molecule has 0 saturated heterocycles. The Bertz CT molecular complexity index is 1020. The third-order valence-corrected chi connectivity index (χ3v) is 4.42. The van der Waals surface area contributed by atoms with Crippen LogP contribution >= 0.6 is 0 Å². The molecule has 0 aliphatic rings. The van der Waals surface area contributed by atoms with Crippen molar-refractivity contribution < 1.29 is 18.3 Å². The Hall–Kier alpha value is -3.02. The summed E-state index contributed by atoms with van der Waals surface area (Å²) < 4.78 is 33.5. The first-order valence-corrected chi connectivity index (χ1v) is 9.47. The van der Waals surface area contributed by atoms with Gasteiger partial charge in [-0.3, -0.25) is 4.98 Å². The Morgan fingerprint density at radius 2 is 1.90 bits per heavy atom. The van der Waals surface area contributed by atoms with Crippen LogP contribution in [-0.2, 0) is 11.2 Å². The number of carbonyl (C=O) groups excluding carboxylic acids is 1.